The third kappa shape index (κ3) is 3.48. The highest BCUT2D eigenvalue weighted by Crippen LogP contribution is 2.20. The summed E-state index contributed by atoms with van der Waals surface area (Å²) in [5.74, 6) is 1.31. The molecule has 13 heavy (non-hydrogen) atoms. The fourth-order valence-corrected chi connectivity index (χ4v) is 1.23. The van der Waals surface area contributed by atoms with Gasteiger partial charge < -0.3 is 5.32 Å². The average Bonchev–Trinajstić information content (AvgIpc) is 2.06. The van der Waals surface area contributed by atoms with Crippen LogP contribution in [0.4, 0.5) is 5.82 Å². The number of rotatable bonds is 3. The highest BCUT2D eigenvalue weighted by molar-refractivity contribution is 9.10. The number of nitrogens with one attached hydrogen (secondary N) is 1. The van der Waals surface area contributed by atoms with Gasteiger partial charge in [-0.05, 0) is 33.4 Å². The van der Waals surface area contributed by atoms with Crippen LogP contribution < -0.4 is 5.32 Å². The summed E-state index contributed by atoms with van der Waals surface area (Å²) in [5.41, 5.74) is 0. The van der Waals surface area contributed by atoms with Gasteiger partial charge in [0.25, 0.3) is 0 Å². The number of hydrogen-bond donors (Lipinski definition) is 1. The van der Waals surface area contributed by atoms with E-state index in [1.54, 1.807) is 6.20 Å². The molecule has 0 aromatic carbocycles. The lowest BCUT2D eigenvalue weighted by Crippen LogP contribution is -2.09. The van der Waals surface area contributed by atoms with E-state index in [2.05, 4.69) is 45.1 Å². The summed E-state index contributed by atoms with van der Waals surface area (Å²) in [7, 11) is 0. The molecule has 0 bridgehead atoms. The van der Waals surface area contributed by atoms with Crippen LogP contribution in [0.5, 0.6) is 0 Å². The summed E-state index contributed by atoms with van der Waals surface area (Å²) >= 11 is 8.98. The maximum Gasteiger partial charge on any atom is 0.224 e. The molecule has 1 aromatic heterocycles. The van der Waals surface area contributed by atoms with Crippen molar-refractivity contribution >= 4 is 33.3 Å². The van der Waals surface area contributed by atoms with Gasteiger partial charge in [0.1, 0.15) is 5.82 Å². The highest BCUT2D eigenvalue weighted by atomic mass is 79.9. The average molecular weight is 265 g/mol. The van der Waals surface area contributed by atoms with E-state index in [1.807, 2.05) is 0 Å². The fourth-order valence-electron chi connectivity index (χ4n) is 0.770. The van der Waals surface area contributed by atoms with Gasteiger partial charge in [-0.25, -0.2) is 4.98 Å². The van der Waals surface area contributed by atoms with Gasteiger partial charge in [-0.3, -0.25) is 0 Å². The summed E-state index contributed by atoms with van der Waals surface area (Å²) in [5, 5.41) is 3.43. The first kappa shape index (κ1) is 10.7. The number of anilines is 1. The molecule has 0 aliphatic carbocycles. The third-order valence-electron chi connectivity index (χ3n) is 1.39. The molecule has 0 saturated carbocycles. The van der Waals surface area contributed by atoms with E-state index in [-0.39, 0.29) is 5.28 Å². The second-order valence-corrected chi connectivity index (χ2v) is 4.30. The van der Waals surface area contributed by atoms with Crippen LogP contribution >= 0.6 is 27.5 Å². The molecule has 0 saturated heterocycles. The Labute approximate surface area is 91.1 Å². The molecule has 5 heteroatoms. The fraction of sp³-hybridized carbons (Fsp3) is 0.500. The lowest BCUT2D eigenvalue weighted by molar-refractivity contribution is 0.686. The Morgan fingerprint density at radius 3 is 2.92 bits per heavy atom. The molecule has 0 aliphatic heterocycles. The van der Waals surface area contributed by atoms with Gasteiger partial charge in [0.15, 0.2) is 0 Å². The summed E-state index contributed by atoms with van der Waals surface area (Å²) in [6, 6.07) is 0. The Bertz CT molecular complexity index is 291. The third-order valence-corrected chi connectivity index (χ3v) is 2.15. The predicted octanol–water partition coefficient (Wildman–Crippen LogP) is 2.96. The van der Waals surface area contributed by atoms with Crippen LogP contribution in [-0.2, 0) is 0 Å². The molecule has 0 fully saturated rings. The molecular weight excluding hydrogens is 253 g/mol. The molecule has 0 aliphatic rings. The number of hydrogen-bond acceptors (Lipinski definition) is 3. The molecule has 1 aromatic rings. The first-order valence-electron chi connectivity index (χ1n) is 4.01. The van der Waals surface area contributed by atoms with Crippen molar-refractivity contribution in [3.05, 3.63) is 16.0 Å². The van der Waals surface area contributed by atoms with Gasteiger partial charge in [0.2, 0.25) is 5.28 Å². The standard InChI is InChI=1S/C8H11BrClN3/c1-5(2)3-11-7-6(9)4-12-8(10)13-7/h4-5H,3H2,1-2H3,(H,11,12,13). The Morgan fingerprint density at radius 2 is 2.31 bits per heavy atom. The molecule has 0 unspecified atom stereocenters. The number of aromatic nitrogens is 2. The minimum atomic E-state index is 0.259. The van der Waals surface area contributed by atoms with Crippen LogP contribution in [0.1, 0.15) is 13.8 Å². The lowest BCUT2D eigenvalue weighted by atomic mass is 10.2. The minimum Gasteiger partial charge on any atom is -0.369 e. The van der Waals surface area contributed by atoms with Gasteiger partial charge in [0.05, 0.1) is 4.47 Å². The monoisotopic (exact) mass is 263 g/mol. The van der Waals surface area contributed by atoms with Crippen LogP contribution in [0.2, 0.25) is 5.28 Å². The molecular formula is C8H11BrClN3. The Hall–Kier alpha value is -0.350. The van der Waals surface area contributed by atoms with Crippen LogP contribution in [0.25, 0.3) is 0 Å². The predicted molar refractivity (Wildman–Crippen MR) is 58.1 cm³/mol. The zero-order valence-electron chi connectivity index (χ0n) is 7.51. The second-order valence-electron chi connectivity index (χ2n) is 3.11. The Balaban J connectivity index is 2.70. The molecule has 1 heterocycles. The second kappa shape index (κ2) is 4.77. The molecule has 0 amide bonds. The van der Waals surface area contributed by atoms with E-state index >= 15 is 0 Å². The van der Waals surface area contributed by atoms with E-state index in [1.165, 1.54) is 0 Å². The van der Waals surface area contributed by atoms with Gasteiger partial charge in [-0.15, -0.1) is 0 Å². The van der Waals surface area contributed by atoms with Crippen LogP contribution in [0, 0.1) is 5.92 Å². The van der Waals surface area contributed by atoms with E-state index in [4.69, 9.17) is 11.6 Å². The van der Waals surface area contributed by atoms with Crippen LogP contribution in [-0.4, -0.2) is 16.5 Å². The van der Waals surface area contributed by atoms with Crippen molar-refractivity contribution in [1.29, 1.82) is 0 Å². The smallest absolute Gasteiger partial charge is 0.224 e. The van der Waals surface area contributed by atoms with Crippen LogP contribution in [0.3, 0.4) is 0 Å². The number of halogens is 2. The van der Waals surface area contributed by atoms with Gasteiger partial charge in [0, 0.05) is 12.7 Å². The largest absolute Gasteiger partial charge is 0.369 e. The quantitative estimate of drug-likeness (QED) is 0.853. The summed E-state index contributed by atoms with van der Waals surface area (Å²) < 4.78 is 0.831. The van der Waals surface area contributed by atoms with E-state index in [9.17, 15) is 0 Å². The van der Waals surface area contributed by atoms with Crippen molar-refractivity contribution in [2.75, 3.05) is 11.9 Å². The summed E-state index contributed by atoms with van der Waals surface area (Å²) in [4.78, 5) is 7.87. The van der Waals surface area contributed by atoms with E-state index in [0.29, 0.717) is 5.92 Å². The normalized spacial score (nSPS) is 10.5. The zero-order valence-corrected chi connectivity index (χ0v) is 9.85. The lowest BCUT2D eigenvalue weighted by Gasteiger charge is -2.09. The van der Waals surface area contributed by atoms with Gasteiger partial charge in [-0.1, -0.05) is 13.8 Å². The van der Waals surface area contributed by atoms with E-state index < -0.39 is 0 Å². The van der Waals surface area contributed by atoms with Gasteiger partial charge >= 0.3 is 0 Å². The maximum absolute atomic E-state index is 5.65. The number of nitrogens with zero attached hydrogens (tertiary/aromatic N) is 2. The molecule has 72 valence electrons. The van der Waals surface area contributed by atoms with Crippen molar-refractivity contribution in [2.24, 2.45) is 5.92 Å². The molecule has 0 spiro atoms. The van der Waals surface area contributed by atoms with E-state index in [0.717, 1.165) is 16.8 Å². The van der Waals surface area contributed by atoms with Crippen molar-refractivity contribution in [2.45, 2.75) is 13.8 Å². The van der Waals surface area contributed by atoms with Crippen LogP contribution in [0.15, 0.2) is 10.7 Å². The zero-order chi connectivity index (χ0) is 9.84. The highest BCUT2D eigenvalue weighted by Gasteiger charge is 2.03. The Morgan fingerprint density at radius 1 is 1.62 bits per heavy atom. The summed E-state index contributed by atoms with van der Waals surface area (Å²) in [6.45, 7) is 5.12. The summed E-state index contributed by atoms with van der Waals surface area (Å²) in [6.07, 6.45) is 1.64. The van der Waals surface area contributed by atoms with Gasteiger partial charge in [-0.2, -0.15) is 4.98 Å². The molecule has 0 atom stereocenters. The van der Waals surface area contributed by atoms with Crippen molar-refractivity contribution in [3.63, 3.8) is 0 Å². The minimum absolute atomic E-state index is 0.259. The SMILES string of the molecule is CC(C)CNc1nc(Cl)ncc1Br. The van der Waals surface area contributed by atoms with Crippen molar-refractivity contribution in [1.82, 2.24) is 9.97 Å². The topological polar surface area (TPSA) is 37.8 Å². The van der Waals surface area contributed by atoms with Crippen molar-refractivity contribution < 1.29 is 0 Å². The molecule has 1 N–H and O–H groups in total. The maximum atomic E-state index is 5.65. The first-order chi connectivity index (χ1) is 6.09. The first-order valence-corrected chi connectivity index (χ1v) is 5.18. The molecule has 3 nitrogen and oxygen atoms in total. The van der Waals surface area contributed by atoms with Crippen molar-refractivity contribution in [3.8, 4) is 0 Å². The molecule has 0 radical (unpaired) electrons. The molecule has 1 rings (SSSR count). The Kier molecular flexibility index (Phi) is 3.93.